The first-order valence-electron chi connectivity index (χ1n) is 2.82. The molecule has 0 aromatic heterocycles. The number of hydrogen-bond donors (Lipinski definition) is 2. The van der Waals surface area contributed by atoms with Gasteiger partial charge in [-0.25, -0.2) is 8.42 Å². The molecule has 0 bridgehead atoms. The fourth-order valence-corrected chi connectivity index (χ4v) is 0.717. The molecule has 0 aliphatic carbocycles. The summed E-state index contributed by atoms with van der Waals surface area (Å²) >= 11 is 4.41. The maximum atomic E-state index is 10.3. The average molecular weight is 220 g/mol. The minimum Gasteiger partial charge on any atom is -0.748 e. The van der Waals surface area contributed by atoms with Crippen molar-refractivity contribution in [3.63, 3.8) is 0 Å². The Balaban J connectivity index is 0. The molecule has 0 aromatic carbocycles. The minimum absolute atomic E-state index is 0. The van der Waals surface area contributed by atoms with Crippen LogP contribution in [-0.2, 0) is 10.1 Å². The smallest absolute Gasteiger partial charge is 0.748 e. The van der Waals surface area contributed by atoms with Crippen LogP contribution in [0.4, 0.5) is 0 Å². The van der Waals surface area contributed by atoms with Crippen LogP contribution in [0.1, 0.15) is 6.92 Å². The molecular formula is C4H9N2NaO3S2. The van der Waals surface area contributed by atoms with Crippen molar-refractivity contribution in [1.82, 2.24) is 5.32 Å². The Morgan fingerprint density at radius 3 is 2.42 bits per heavy atom. The van der Waals surface area contributed by atoms with Crippen LogP contribution in [0.5, 0.6) is 0 Å². The third-order valence-corrected chi connectivity index (χ3v) is 2.35. The molecule has 0 aliphatic heterocycles. The molecule has 0 radical (unpaired) electrons. The molecule has 1 unspecified atom stereocenters. The standard InChI is InChI=1S/C4H10N2O3S2.Na/c1-3(11(7,8)9)2-6-4(5)10;/h3H,2H2,1H3,(H3,5,6,10)(H,7,8,9);/q;+1/p-1. The molecule has 12 heavy (non-hydrogen) atoms. The molecule has 3 N–H and O–H groups in total. The summed E-state index contributed by atoms with van der Waals surface area (Å²) < 4.78 is 30.8. The van der Waals surface area contributed by atoms with Gasteiger partial charge in [0.05, 0.1) is 15.4 Å². The summed E-state index contributed by atoms with van der Waals surface area (Å²) in [4.78, 5) is 0. The zero-order chi connectivity index (χ0) is 9.07. The predicted octanol–water partition coefficient (Wildman–Crippen LogP) is -4.24. The Labute approximate surface area is 99.1 Å². The van der Waals surface area contributed by atoms with Crippen LogP contribution in [0.3, 0.4) is 0 Å². The SMILES string of the molecule is CC(CNC(N)=S)S(=O)(=O)[O-].[Na+]. The van der Waals surface area contributed by atoms with Crippen LogP contribution < -0.4 is 40.6 Å². The summed E-state index contributed by atoms with van der Waals surface area (Å²) in [5.41, 5.74) is 5.01. The molecule has 0 rings (SSSR count). The fourth-order valence-electron chi connectivity index (χ4n) is 0.346. The first-order valence-corrected chi connectivity index (χ1v) is 4.70. The minimum atomic E-state index is -4.23. The van der Waals surface area contributed by atoms with E-state index in [-0.39, 0.29) is 41.2 Å². The van der Waals surface area contributed by atoms with E-state index in [0.717, 1.165) is 0 Å². The molecule has 0 amide bonds. The first kappa shape index (κ1) is 15.1. The van der Waals surface area contributed by atoms with Crippen LogP contribution in [0.15, 0.2) is 0 Å². The van der Waals surface area contributed by atoms with Crippen molar-refractivity contribution >= 4 is 27.4 Å². The van der Waals surface area contributed by atoms with E-state index in [0.29, 0.717) is 0 Å². The van der Waals surface area contributed by atoms with Gasteiger partial charge in [-0.3, -0.25) is 0 Å². The maximum absolute atomic E-state index is 10.3. The molecular weight excluding hydrogens is 211 g/mol. The van der Waals surface area contributed by atoms with E-state index in [1.807, 2.05) is 0 Å². The van der Waals surface area contributed by atoms with Crippen LogP contribution in [0.2, 0.25) is 0 Å². The van der Waals surface area contributed by atoms with Crippen LogP contribution in [0.25, 0.3) is 0 Å². The molecule has 0 heterocycles. The number of nitrogens with one attached hydrogen (secondary N) is 1. The topological polar surface area (TPSA) is 95.2 Å². The van der Waals surface area contributed by atoms with Gasteiger partial charge in [0, 0.05) is 6.54 Å². The maximum Gasteiger partial charge on any atom is 1.00 e. The van der Waals surface area contributed by atoms with Crippen molar-refractivity contribution in [1.29, 1.82) is 0 Å². The number of hydrogen-bond acceptors (Lipinski definition) is 4. The van der Waals surface area contributed by atoms with Crippen LogP contribution in [0, 0.1) is 0 Å². The van der Waals surface area contributed by atoms with Gasteiger partial charge < -0.3 is 15.6 Å². The summed E-state index contributed by atoms with van der Waals surface area (Å²) in [6.45, 7) is 1.24. The Morgan fingerprint density at radius 2 is 2.17 bits per heavy atom. The van der Waals surface area contributed by atoms with E-state index in [9.17, 15) is 13.0 Å². The molecule has 8 heteroatoms. The second-order valence-corrected chi connectivity index (χ2v) is 4.28. The summed E-state index contributed by atoms with van der Waals surface area (Å²) in [6.07, 6.45) is 0. The van der Waals surface area contributed by atoms with Crippen molar-refractivity contribution < 1.29 is 42.5 Å². The summed E-state index contributed by atoms with van der Waals surface area (Å²) in [7, 11) is -4.23. The molecule has 5 nitrogen and oxygen atoms in total. The zero-order valence-electron chi connectivity index (χ0n) is 6.90. The molecule has 0 spiro atoms. The predicted molar refractivity (Wildman–Crippen MR) is 43.9 cm³/mol. The van der Waals surface area contributed by atoms with Crippen molar-refractivity contribution in [3.05, 3.63) is 0 Å². The van der Waals surface area contributed by atoms with Crippen molar-refractivity contribution in [3.8, 4) is 0 Å². The number of rotatable bonds is 3. The van der Waals surface area contributed by atoms with Gasteiger partial charge in [0.25, 0.3) is 0 Å². The Bertz CT molecular complexity index is 241. The van der Waals surface area contributed by atoms with Gasteiger partial charge in [0.2, 0.25) is 0 Å². The third-order valence-electron chi connectivity index (χ3n) is 1.06. The van der Waals surface area contributed by atoms with Crippen LogP contribution in [-0.4, -0.2) is 29.9 Å². The Hall–Kier alpha value is 0.600. The van der Waals surface area contributed by atoms with E-state index in [2.05, 4.69) is 17.5 Å². The normalized spacial score (nSPS) is 12.8. The quantitative estimate of drug-likeness (QED) is 0.284. The molecule has 0 saturated heterocycles. The number of nitrogens with two attached hydrogens (primary N) is 1. The van der Waals surface area contributed by atoms with Gasteiger partial charge in [-0.1, -0.05) is 0 Å². The van der Waals surface area contributed by atoms with E-state index < -0.39 is 15.4 Å². The zero-order valence-corrected chi connectivity index (χ0v) is 10.5. The van der Waals surface area contributed by atoms with Gasteiger partial charge in [-0.15, -0.1) is 0 Å². The molecule has 0 aromatic rings. The van der Waals surface area contributed by atoms with Gasteiger partial charge in [0.1, 0.15) is 0 Å². The molecule has 66 valence electrons. The number of thiocarbonyl (C=S) groups is 1. The van der Waals surface area contributed by atoms with E-state index in [1.165, 1.54) is 6.92 Å². The van der Waals surface area contributed by atoms with Crippen molar-refractivity contribution in [2.75, 3.05) is 6.54 Å². The van der Waals surface area contributed by atoms with E-state index >= 15 is 0 Å². The third kappa shape index (κ3) is 7.26. The van der Waals surface area contributed by atoms with Gasteiger partial charge >= 0.3 is 29.6 Å². The van der Waals surface area contributed by atoms with Crippen molar-refractivity contribution in [2.24, 2.45) is 5.73 Å². The molecule has 0 aliphatic rings. The van der Waals surface area contributed by atoms with Gasteiger partial charge in [-0.05, 0) is 19.1 Å². The summed E-state index contributed by atoms with van der Waals surface area (Å²) in [6, 6.07) is 0. The van der Waals surface area contributed by atoms with E-state index in [1.54, 1.807) is 0 Å². The van der Waals surface area contributed by atoms with Crippen molar-refractivity contribution in [2.45, 2.75) is 12.2 Å². The second-order valence-electron chi connectivity index (χ2n) is 2.05. The molecule has 0 saturated carbocycles. The largest absolute Gasteiger partial charge is 1.00 e. The molecule has 1 atom stereocenters. The molecule has 0 fully saturated rings. The fraction of sp³-hybridized carbons (Fsp3) is 0.750. The van der Waals surface area contributed by atoms with Crippen LogP contribution >= 0.6 is 12.2 Å². The Morgan fingerprint density at radius 1 is 1.75 bits per heavy atom. The summed E-state index contributed by atoms with van der Waals surface area (Å²) in [5.74, 6) is 0. The summed E-state index contributed by atoms with van der Waals surface area (Å²) in [5, 5.41) is 1.36. The monoisotopic (exact) mass is 220 g/mol. The average Bonchev–Trinajstić information content (AvgIpc) is 1.80. The van der Waals surface area contributed by atoms with E-state index in [4.69, 9.17) is 5.73 Å². The van der Waals surface area contributed by atoms with Gasteiger partial charge in [-0.2, -0.15) is 0 Å². The second kappa shape index (κ2) is 6.11. The first-order chi connectivity index (χ1) is 4.84. The Kier molecular flexibility index (Phi) is 7.69. The van der Waals surface area contributed by atoms with Gasteiger partial charge in [0.15, 0.2) is 5.11 Å².